The third-order valence-corrected chi connectivity index (χ3v) is 4.13. The molecule has 0 bridgehead atoms. The van der Waals surface area contributed by atoms with Gasteiger partial charge in [0.15, 0.2) is 0 Å². The second-order valence-electron chi connectivity index (χ2n) is 6.12. The Kier molecular flexibility index (Phi) is 4.97. The number of hydrogen-bond acceptors (Lipinski definition) is 5. The Balaban J connectivity index is 1.53. The van der Waals surface area contributed by atoms with Gasteiger partial charge in [0.2, 0.25) is 17.6 Å². The number of benzene rings is 1. The lowest BCUT2D eigenvalue weighted by Crippen LogP contribution is -2.41. The molecular formula is C17H21N5O3. The lowest BCUT2D eigenvalue weighted by molar-refractivity contribution is -0.119. The van der Waals surface area contributed by atoms with Gasteiger partial charge in [0.1, 0.15) is 0 Å². The molecular weight excluding hydrogens is 322 g/mol. The molecule has 0 saturated carbocycles. The van der Waals surface area contributed by atoms with Gasteiger partial charge in [0.05, 0.1) is 6.54 Å². The standard InChI is InChI=1S/C17H21N5O3/c1-11-5-3-4-6-14(11)16-20-15(25-21-16)9-18-17(24)22-8-7-13(10-22)19-12(2)23/h3-6,13H,7-10H2,1-2H3,(H,18,24)(H,19,23)/t13-/m0/s1. The Morgan fingerprint density at radius 1 is 1.36 bits per heavy atom. The summed E-state index contributed by atoms with van der Waals surface area (Å²) < 4.78 is 5.21. The first-order chi connectivity index (χ1) is 12.0. The Bertz CT molecular complexity index is 773. The van der Waals surface area contributed by atoms with Gasteiger partial charge < -0.3 is 20.1 Å². The molecule has 2 heterocycles. The first kappa shape index (κ1) is 16.9. The van der Waals surface area contributed by atoms with E-state index in [1.54, 1.807) is 4.90 Å². The molecule has 1 atom stereocenters. The van der Waals surface area contributed by atoms with Crippen molar-refractivity contribution in [1.82, 2.24) is 25.7 Å². The van der Waals surface area contributed by atoms with E-state index >= 15 is 0 Å². The lowest BCUT2D eigenvalue weighted by Gasteiger charge is -2.16. The SMILES string of the molecule is CC(=O)N[C@H]1CCN(C(=O)NCc2nc(-c3ccccc3C)no2)C1. The van der Waals surface area contributed by atoms with Gasteiger partial charge >= 0.3 is 6.03 Å². The summed E-state index contributed by atoms with van der Waals surface area (Å²) in [5.74, 6) is 0.778. The number of aromatic nitrogens is 2. The summed E-state index contributed by atoms with van der Waals surface area (Å²) in [4.78, 5) is 29.3. The molecule has 0 unspecified atom stereocenters. The van der Waals surface area contributed by atoms with Crippen LogP contribution in [0.15, 0.2) is 28.8 Å². The van der Waals surface area contributed by atoms with E-state index in [-0.39, 0.29) is 24.5 Å². The van der Waals surface area contributed by atoms with Gasteiger partial charge in [-0.3, -0.25) is 4.79 Å². The predicted octanol–water partition coefficient (Wildman–Crippen LogP) is 1.47. The number of amides is 3. The van der Waals surface area contributed by atoms with Crippen molar-refractivity contribution in [3.63, 3.8) is 0 Å². The first-order valence-electron chi connectivity index (χ1n) is 8.21. The van der Waals surface area contributed by atoms with Crippen LogP contribution >= 0.6 is 0 Å². The molecule has 25 heavy (non-hydrogen) atoms. The van der Waals surface area contributed by atoms with Gasteiger partial charge in [-0.05, 0) is 18.9 Å². The van der Waals surface area contributed by atoms with Crippen LogP contribution in [0.4, 0.5) is 4.79 Å². The zero-order valence-corrected chi connectivity index (χ0v) is 14.3. The number of carbonyl (C=O) groups excluding carboxylic acids is 2. The van der Waals surface area contributed by atoms with E-state index in [1.165, 1.54) is 6.92 Å². The molecule has 0 aliphatic carbocycles. The number of likely N-dealkylation sites (tertiary alicyclic amines) is 1. The van der Waals surface area contributed by atoms with Crippen LogP contribution in [0.5, 0.6) is 0 Å². The smallest absolute Gasteiger partial charge is 0.317 e. The molecule has 3 rings (SSSR count). The highest BCUT2D eigenvalue weighted by Gasteiger charge is 2.26. The molecule has 1 aromatic heterocycles. The van der Waals surface area contributed by atoms with Crippen LogP contribution < -0.4 is 10.6 Å². The summed E-state index contributed by atoms with van der Waals surface area (Å²) in [6.45, 7) is 4.73. The third kappa shape index (κ3) is 4.14. The molecule has 1 fully saturated rings. The van der Waals surface area contributed by atoms with Gasteiger partial charge in [-0.25, -0.2) is 4.79 Å². The zero-order chi connectivity index (χ0) is 17.8. The minimum absolute atomic E-state index is 0.0133. The quantitative estimate of drug-likeness (QED) is 0.875. The molecule has 8 nitrogen and oxygen atoms in total. The number of nitrogens with one attached hydrogen (secondary N) is 2. The molecule has 2 N–H and O–H groups in total. The van der Waals surface area contributed by atoms with Gasteiger partial charge in [-0.2, -0.15) is 4.98 Å². The molecule has 8 heteroatoms. The van der Waals surface area contributed by atoms with Crippen molar-refractivity contribution >= 4 is 11.9 Å². The van der Waals surface area contributed by atoms with Crippen LogP contribution in [0.3, 0.4) is 0 Å². The maximum absolute atomic E-state index is 12.2. The van der Waals surface area contributed by atoms with Gasteiger partial charge in [-0.1, -0.05) is 29.4 Å². The fraction of sp³-hybridized carbons (Fsp3) is 0.412. The number of rotatable bonds is 4. The van der Waals surface area contributed by atoms with E-state index in [9.17, 15) is 9.59 Å². The Hall–Kier alpha value is -2.90. The van der Waals surface area contributed by atoms with Gasteiger partial charge in [0.25, 0.3) is 0 Å². The van der Waals surface area contributed by atoms with Crippen molar-refractivity contribution in [3.05, 3.63) is 35.7 Å². The van der Waals surface area contributed by atoms with Crippen molar-refractivity contribution in [3.8, 4) is 11.4 Å². The van der Waals surface area contributed by atoms with E-state index < -0.39 is 0 Å². The molecule has 0 radical (unpaired) electrons. The van der Waals surface area contributed by atoms with Crippen molar-refractivity contribution in [2.24, 2.45) is 0 Å². The molecule has 3 amide bonds. The maximum atomic E-state index is 12.2. The highest BCUT2D eigenvalue weighted by Crippen LogP contribution is 2.19. The second-order valence-corrected chi connectivity index (χ2v) is 6.12. The summed E-state index contributed by atoms with van der Waals surface area (Å²) in [5.41, 5.74) is 1.96. The van der Waals surface area contributed by atoms with Crippen LogP contribution in [-0.2, 0) is 11.3 Å². The van der Waals surface area contributed by atoms with Crippen molar-refractivity contribution in [2.45, 2.75) is 32.9 Å². The topological polar surface area (TPSA) is 100 Å². The molecule has 1 aliphatic heterocycles. The normalized spacial score (nSPS) is 16.7. The zero-order valence-electron chi connectivity index (χ0n) is 14.3. The largest absolute Gasteiger partial charge is 0.352 e. The Labute approximate surface area is 145 Å². The minimum atomic E-state index is -0.205. The Morgan fingerprint density at radius 3 is 2.92 bits per heavy atom. The van der Waals surface area contributed by atoms with Crippen molar-refractivity contribution in [2.75, 3.05) is 13.1 Å². The first-order valence-corrected chi connectivity index (χ1v) is 8.21. The number of nitrogens with zero attached hydrogens (tertiary/aromatic N) is 3. The van der Waals surface area contributed by atoms with Crippen LogP contribution in [0.25, 0.3) is 11.4 Å². The third-order valence-electron chi connectivity index (χ3n) is 4.13. The minimum Gasteiger partial charge on any atom is -0.352 e. The fourth-order valence-corrected chi connectivity index (χ4v) is 2.87. The monoisotopic (exact) mass is 343 g/mol. The average Bonchev–Trinajstić information content (AvgIpc) is 3.22. The van der Waals surface area contributed by atoms with E-state index in [2.05, 4.69) is 20.8 Å². The van der Waals surface area contributed by atoms with E-state index in [1.807, 2.05) is 31.2 Å². The highest BCUT2D eigenvalue weighted by atomic mass is 16.5. The summed E-state index contributed by atoms with van der Waals surface area (Å²) >= 11 is 0. The number of aryl methyl sites for hydroxylation is 1. The fourth-order valence-electron chi connectivity index (χ4n) is 2.87. The molecule has 132 valence electrons. The van der Waals surface area contributed by atoms with Crippen LogP contribution in [-0.4, -0.2) is 46.1 Å². The van der Waals surface area contributed by atoms with Gasteiger partial charge in [0, 0.05) is 31.6 Å². The molecule has 1 aromatic carbocycles. The maximum Gasteiger partial charge on any atom is 0.317 e. The molecule has 1 aliphatic rings. The average molecular weight is 343 g/mol. The molecule has 0 spiro atoms. The van der Waals surface area contributed by atoms with E-state index in [0.717, 1.165) is 17.5 Å². The number of hydrogen-bond donors (Lipinski definition) is 2. The molecule has 1 saturated heterocycles. The number of carbonyl (C=O) groups is 2. The number of urea groups is 1. The van der Waals surface area contributed by atoms with Gasteiger partial charge in [-0.15, -0.1) is 0 Å². The van der Waals surface area contributed by atoms with Crippen LogP contribution in [0.1, 0.15) is 24.8 Å². The lowest BCUT2D eigenvalue weighted by atomic mass is 10.1. The summed E-state index contributed by atoms with van der Waals surface area (Å²) in [6.07, 6.45) is 0.755. The van der Waals surface area contributed by atoms with Crippen LogP contribution in [0, 0.1) is 6.92 Å². The second kappa shape index (κ2) is 7.33. The predicted molar refractivity (Wildman–Crippen MR) is 90.5 cm³/mol. The van der Waals surface area contributed by atoms with E-state index in [0.29, 0.717) is 24.8 Å². The molecule has 2 aromatic rings. The highest BCUT2D eigenvalue weighted by molar-refractivity contribution is 5.75. The van der Waals surface area contributed by atoms with Crippen molar-refractivity contribution < 1.29 is 14.1 Å². The van der Waals surface area contributed by atoms with Crippen LogP contribution in [0.2, 0.25) is 0 Å². The summed E-state index contributed by atoms with van der Waals surface area (Å²) in [6, 6.07) is 7.58. The van der Waals surface area contributed by atoms with E-state index in [4.69, 9.17) is 4.52 Å². The summed E-state index contributed by atoms with van der Waals surface area (Å²) in [7, 11) is 0. The Morgan fingerprint density at radius 2 is 2.16 bits per heavy atom. The van der Waals surface area contributed by atoms with Crippen molar-refractivity contribution in [1.29, 1.82) is 0 Å². The summed E-state index contributed by atoms with van der Waals surface area (Å²) in [5, 5.41) is 9.57.